The number of rotatable bonds is 3. The summed E-state index contributed by atoms with van der Waals surface area (Å²) in [6, 6.07) is 4.19. The van der Waals surface area contributed by atoms with Gasteiger partial charge in [-0.25, -0.2) is 14.2 Å². The Kier molecular flexibility index (Phi) is 4.79. The highest BCUT2D eigenvalue weighted by molar-refractivity contribution is 7.18. The molecule has 1 aliphatic rings. The molecule has 4 rings (SSSR count). The standard InChI is InChI=1S/C21H21FN2O3S/c1-10-4-7-14-16(8-10)28-20-17(14)19(25)23-18(24-20)12(3)27-21(26)13-6-5-11(2)15(22)9-13/h5-6,9-10,12H,4,7-8H2,1-3H3,(H,23,24,25)/t10-,12-/m1/s1. The summed E-state index contributed by atoms with van der Waals surface area (Å²) in [7, 11) is 0. The molecule has 2 heterocycles. The Morgan fingerprint density at radius 3 is 2.96 bits per heavy atom. The van der Waals surface area contributed by atoms with Crippen LogP contribution in [-0.4, -0.2) is 15.9 Å². The van der Waals surface area contributed by atoms with Crippen LogP contribution in [0, 0.1) is 18.7 Å². The number of aryl methyl sites for hydroxylation is 2. The number of esters is 1. The molecule has 2 aromatic heterocycles. The first kappa shape index (κ1) is 18.8. The fourth-order valence-electron chi connectivity index (χ4n) is 3.56. The molecule has 146 valence electrons. The zero-order chi connectivity index (χ0) is 20.0. The maximum absolute atomic E-state index is 13.7. The lowest BCUT2D eigenvalue weighted by Gasteiger charge is -2.17. The van der Waals surface area contributed by atoms with Gasteiger partial charge in [-0.3, -0.25) is 4.79 Å². The fraction of sp³-hybridized carbons (Fsp3) is 0.381. The summed E-state index contributed by atoms with van der Waals surface area (Å²) in [5.74, 6) is -0.221. The molecule has 0 bridgehead atoms. The summed E-state index contributed by atoms with van der Waals surface area (Å²) in [6.45, 7) is 5.48. The summed E-state index contributed by atoms with van der Waals surface area (Å²) < 4.78 is 19.1. The number of benzene rings is 1. The maximum atomic E-state index is 13.7. The van der Waals surface area contributed by atoms with E-state index in [1.807, 2.05) is 0 Å². The fourth-order valence-corrected chi connectivity index (χ4v) is 4.95. The second kappa shape index (κ2) is 7.13. The quantitative estimate of drug-likeness (QED) is 0.658. The molecule has 1 aliphatic carbocycles. The van der Waals surface area contributed by atoms with Crippen LogP contribution < -0.4 is 5.56 Å². The van der Waals surface area contributed by atoms with Crippen molar-refractivity contribution < 1.29 is 13.9 Å². The van der Waals surface area contributed by atoms with Crippen molar-refractivity contribution in [2.75, 3.05) is 0 Å². The minimum Gasteiger partial charge on any atom is -0.451 e. The average Bonchev–Trinajstić information content (AvgIpc) is 3.01. The van der Waals surface area contributed by atoms with E-state index in [2.05, 4.69) is 16.9 Å². The van der Waals surface area contributed by atoms with Gasteiger partial charge in [-0.1, -0.05) is 13.0 Å². The third kappa shape index (κ3) is 3.35. The van der Waals surface area contributed by atoms with E-state index in [9.17, 15) is 14.0 Å². The van der Waals surface area contributed by atoms with Crippen molar-refractivity contribution in [3.05, 3.63) is 61.8 Å². The minimum absolute atomic E-state index is 0.124. The molecular weight excluding hydrogens is 379 g/mol. The van der Waals surface area contributed by atoms with Gasteiger partial charge in [-0.15, -0.1) is 11.3 Å². The van der Waals surface area contributed by atoms with Crippen LogP contribution in [-0.2, 0) is 17.6 Å². The van der Waals surface area contributed by atoms with Gasteiger partial charge in [0.05, 0.1) is 10.9 Å². The molecule has 0 radical (unpaired) electrons. The highest BCUT2D eigenvalue weighted by Crippen LogP contribution is 2.36. The molecular formula is C21H21FN2O3S. The second-order valence-corrected chi connectivity index (χ2v) is 8.58. The third-order valence-corrected chi connectivity index (χ3v) is 6.41. The zero-order valence-corrected chi connectivity index (χ0v) is 16.8. The first-order valence-electron chi connectivity index (χ1n) is 9.35. The molecule has 0 amide bonds. The Morgan fingerprint density at radius 2 is 2.21 bits per heavy atom. The number of nitrogens with zero attached hydrogens (tertiary/aromatic N) is 1. The third-order valence-electron chi connectivity index (χ3n) is 5.26. The van der Waals surface area contributed by atoms with E-state index >= 15 is 0 Å². The number of carbonyl (C=O) groups is 1. The Bertz CT molecular complexity index is 1130. The van der Waals surface area contributed by atoms with Crippen LogP contribution in [0.25, 0.3) is 10.2 Å². The maximum Gasteiger partial charge on any atom is 0.338 e. The van der Waals surface area contributed by atoms with Gasteiger partial charge < -0.3 is 9.72 Å². The lowest BCUT2D eigenvalue weighted by Crippen LogP contribution is -2.18. The number of aromatic nitrogens is 2. The van der Waals surface area contributed by atoms with Gasteiger partial charge >= 0.3 is 5.97 Å². The van der Waals surface area contributed by atoms with Crippen LogP contribution in [0.15, 0.2) is 23.0 Å². The number of hydrogen-bond acceptors (Lipinski definition) is 5. The molecule has 2 atom stereocenters. The van der Waals surface area contributed by atoms with E-state index in [1.54, 1.807) is 25.2 Å². The Labute approximate surface area is 165 Å². The first-order valence-corrected chi connectivity index (χ1v) is 10.2. The predicted octanol–water partition coefficient (Wildman–Crippen LogP) is 4.47. The molecule has 0 spiro atoms. The molecule has 28 heavy (non-hydrogen) atoms. The number of H-pyrrole nitrogens is 1. The van der Waals surface area contributed by atoms with E-state index in [4.69, 9.17) is 4.74 Å². The lowest BCUT2D eigenvalue weighted by atomic mass is 9.89. The normalized spacial score (nSPS) is 17.4. The molecule has 1 N–H and O–H groups in total. The predicted molar refractivity (Wildman–Crippen MR) is 106 cm³/mol. The number of nitrogens with one attached hydrogen (secondary N) is 1. The molecule has 0 saturated carbocycles. The number of thiophene rings is 1. The average molecular weight is 400 g/mol. The van der Waals surface area contributed by atoms with Gasteiger partial charge in [0.25, 0.3) is 5.56 Å². The number of ether oxygens (including phenoxy) is 1. The molecule has 0 saturated heterocycles. The van der Waals surface area contributed by atoms with E-state index in [1.165, 1.54) is 17.0 Å². The summed E-state index contributed by atoms with van der Waals surface area (Å²) in [5.41, 5.74) is 1.49. The van der Waals surface area contributed by atoms with Crippen LogP contribution in [0.4, 0.5) is 4.39 Å². The van der Waals surface area contributed by atoms with Crippen molar-refractivity contribution >= 4 is 27.5 Å². The van der Waals surface area contributed by atoms with Gasteiger partial charge in [0.1, 0.15) is 10.6 Å². The van der Waals surface area contributed by atoms with Gasteiger partial charge in [-0.2, -0.15) is 0 Å². The minimum atomic E-state index is -0.757. The Hall–Kier alpha value is -2.54. The van der Waals surface area contributed by atoms with Gasteiger partial charge in [0.2, 0.25) is 0 Å². The molecule has 0 aliphatic heterocycles. The van der Waals surface area contributed by atoms with Crippen LogP contribution >= 0.6 is 11.3 Å². The SMILES string of the molecule is Cc1ccc(C(=O)O[C@H](C)c2nc3sc4c(c3c(=O)[nH]2)CC[C@@H](C)C4)cc1F. The monoisotopic (exact) mass is 400 g/mol. The van der Waals surface area contributed by atoms with Crippen molar-refractivity contribution in [1.29, 1.82) is 0 Å². The van der Waals surface area contributed by atoms with E-state index in [0.717, 1.165) is 30.9 Å². The first-order chi connectivity index (χ1) is 13.3. The number of fused-ring (bicyclic) bond motifs is 3. The number of hydrogen-bond donors (Lipinski definition) is 1. The Morgan fingerprint density at radius 1 is 1.43 bits per heavy atom. The largest absolute Gasteiger partial charge is 0.451 e. The molecule has 7 heteroatoms. The summed E-state index contributed by atoms with van der Waals surface area (Å²) >= 11 is 1.55. The van der Waals surface area contributed by atoms with Crippen molar-refractivity contribution in [2.24, 2.45) is 5.92 Å². The van der Waals surface area contributed by atoms with Gasteiger partial charge in [0, 0.05) is 4.88 Å². The van der Waals surface area contributed by atoms with E-state index < -0.39 is 17.9 Å². The van der Waals surface area contributed by atoms with Crippen LogP contribution in [0.5, 0.6) is 0 Å². The molecule has 1 aromatic carbocycles. The number of halogens is 1. The molecule has 0 unspecified atom stereocenters. The smallest absolute Gasteiger partial charge is 0.338 e. The van der Waals surface area contributed by atoms with Crippen molar-refractivity contribution in [3.63, 3.8) is 0 Å². The second-order valence-electron chi connectivity index (χ2n) is 7.49. The highest BCUT2D eigenvalue weighted by atomic mass is 32.1. The molecule has 5 nitrogen and oxygen atoms in total. The molecule has 3 aromatic rings. The van der Waals surface area contributed by atoms with Crippen LogP contribution in [0.1, 0.15) is 58.6 Å². The molecule has 0 fully saturated rings. The van der Waals surface area contributed by atoms with Crippen LogP contribution in [0.2, 0.25) is 0 Å². The van der Waals surface area contributed by atoms with Gasteiger partial charge in [0.15, 0.2) is 11.9 Å². The van der Waals surface area contributed by atoms with Crippen molar-refractivity contribution in [2.45, 2.75) is 46.1 Å². The van der Waals surface area contributed by atoms with E-state index in [0.29, 0.717) is 27.5 Å². The van der Waals surface area contributed by atoms with Crippen molar-refractivity contribution in [3.8, 4) is 0 Å². The summed E-state index contributed by atoms with van der Waals surface area (Å²) in [4.78, 5) is 34.2. The number of aromatic amines is 1. The van der Waals surface area contributed by atoms with Gasteiger partial charge in [-0.05, 0) is 62.3 Å². The summed E-state index contributed by atoms with van der Waals surface area (Å²) in [6.07, 6.45) is 2.17. The number of carbonyl (C=O) groups excluding carboxylic acids is 1. The zero-order valence-electron chi connectivity index (χ0n) is 16.0. The van der Waals surface area contributed by atoms with E-state index in [-0.39, 0.29) is 11.1 Å². The van der Waals surface area contributed by atoms with Crippen LogP contribution in [0.3, 0.4) is 0 Å². The summed E-state index contributed by atoms with van der Waals surface area (Å²) in [5, 5.41) is 0.662. The Balaban J connectivity index is 1.62. The topological polar surface area (TPSA) is 72.0 Å². The highest BCUT2D eigenvalue weighted by Gasteiger charge is 2.24. The van der Waals surface area contributed by atoms with Crippen molar-refractivity contribution in [1.82, 2.24) is 9.97 Å². The lowest BCUT2D eigenvalue weighted by molar-refractivity contribution is 0.0319.